The Kier molecular flexibility index (Phi) is 3.50. The van der Waals surface area contributed by atoms with E-state index in [0.717, 1.165) is 6.08 Å². The maximum absolute atomic E-state index is 12.7. The lowest BCUT2D eigenvalue weighted by Crippen LogP contribution is -2.55. The van der Waals surface area contributed by atoms with Crippen LogP contribution in [0.4, 0.5) is 26.3 Å². The van der Waals surface area contributed by atoms with Crippen molar-refractivity contribution in [1.82, 2.24) is 0 Å². The minimum atomic E-state index is -5.52. The number of hydrogen-bond donors (Lipinski definition) is 0. The lowest BCUT2D eigenvalue weighted by atomic mass is 9.76. The largest absolute Gasteiger partial charge is 0.409 e. The first-order valence-electron chi connectivity index (χ1n) is 4.23. The molecule has 1 atom stereocenters. The van der Waals surface area contributed by atoms with E-state index in [-0.39, 0.29) is 6.08 Å². The molecule has 0 spiro atoms. The average molecular weight is 273 g/mol. The number of alkyl halides is 6. The highest BCUT2D eigenvalue weighted by Crippen LogP contribution is 2.55. The van der Waals surface area contributed by atoms with Crippen LogP contribution in [0.3, 0.4) is 0 Å². The lowest BCUT2D eigenvalue weighted by molar-refractivity contribution is -0.324. The summed E-state index contributed by atoms with van der Waals surface area (Å²) in [6.45, 7) is 0. The van der Waals surface area contributed by atoms with Gasteiger partial charge in [-0.1, -0.05) is 24.3 Å². The van der Waals surface area contributed by atoms with Crippen molar-refractivity contribution in [2.45, 2.75) is 18.4 Å². The number of hydrogen-bond acceptors (Lipinski definition) is 2. The van der Waals surface area contributed by atoms with Crippen molar-refractivity contribution in [3.8, 4) is 0 Å². The molecule has 17 heavy (non-hydrogen) atoms. The molecule has 0 aromatic heterocycles. The Bertz CT molecular complexity index is 385. The van der Waals surface area contributed by atoms with Crippen LogP contribution in [0.2, 0.25) is 0 Å². The molecule has 1 nitrogen and oxygen atoms in total. The first kappa shape index (κ1) is 13.9. The monoisotopic (exact) mass is 273 g/mol. The summed E-state index contributed by atoms with van der Waals surface area (Å²) in [6.07, 6.45) is -8.55. The molecule has 0 aromatic rings. The Labute approximate surface area is 97.5 Å². The standard InChI is InChI=1S/C9H5F6NS/c10-8(11,12)7(9(13,14)15)4-2-1-3-6(7)16-5-17/h1-4,6H. The summed E-state index contributed by atoms with van der Waals surface area (Å²) >= 11 is 4.07. The Morgan fingerprint density at radius 3 is 2.00 bits per heavy atom. The van der Waals surface area contributed by atoms with Gasteiger partial charge < -0.3 is 0 Å². The van der Waals surface area contributed by atoms with Gasteiger partial charge in [-0.3, -0.25) is 0 Å². The van der Waals surface area contributed by atoms with Crippen LogP contribution < -0.4 is 0 Å². The highest BCUT2D eigenvalue weighted by molar-refractivity contribution is 7.78. The summed E-state index contributed by atoms with van der Waals surface area (Å²) in [5.74, 6) is 0. The van der Waals surface area contributed by atoms with E-state index in [1.165, 1.54) is 0 Å². The number of thiocarbonyl (C=S) groups is 1. The molecule has 94 valence electrons. The van der Waals surface area contributed by atoms with E-state index in [1.807, 2.05) is 0 Å². The Hall–Kier alpha value is -1.14. The van der Waals surface area contributed by atoms with E-state index in [1.54, 1.807) is 5.16 Å². The fourth-order valence-electron chi connectivity index (χ4n) is 1.51. The molecule has 0 bridgehead atoms. The third-order valence-corrected chi connectivity index (χ3v) is 2.47. The molecule has 0 N–H and O–H groups in total. The maximum atomic E-state index is 12.7. The van der Waals surface area contributed by atoms with Crippen molar-refractivity contribution in [3.63, 3.8) is 0 Å². The first-order chi connectivity index (χ1) is 7.67. The molecule has 0 aromatic carbocycles. The molecule has 1 aliphatic carbocycles. The topological polar surface area (TPSA) is 12.4 Å². The van der Waals surface area contributed by atoms with Gasteiger partial charge in [-0.05, 0) is 12.2 Å². The van der Waals surface area contributed by atoms with E-state index in [9.17, 15) is 26.3 Å². The molecule has 0 radical (unpaired) electrons. The van der Waals surface area contributed by atoms with Crippen LogP contribution in [-0.2, 0) is 0 Å². The first-order valence-corrected chi connectivity index (χ1v) is 4.64. The van der Waals surface area contributed by atoms with Crippen LogP contribution in [0.5, 0.6) is 0 Å². The van der Waals surface area contributed by atoms with Gasteiger partial charge in [0.1, 0.15) is 6.04 Å². The summed E-state index contributed by atoms with van der Waals surface area (Å²) in [7, 11) is 0. The lowest BCUT2D eigenvalue weighted by Gasteiger charge is -2.38. The minimum absolute atomic E-state index is 0.0494. The van der Waals surface area contributed by atoms with Gasteiger partial charge in [-0.2, -0.15) is 26.3 Å². The van der Waals surface area contributed by atoms with Crippen LogP contribution in [0.25, 0.3) is 0 Å². The van der Waals surface area contributed by atoms with Crippen molar-refractivity contribution in [2.75, 3.05) is 0 Å². The average Bonchev–Trinajstić information content (AvgIpc) is 2.15. The van der Waals surface area contributed by atoms with E-state index in [0.29, 0.717) is 12.2 Å². The Morgan fingerprint density at radius 1 is 1.06 bits per heavy atom. The Balaban J connectivity index is 3.46. The number of rotatable bonds is 1. The number of allylic oxidation sites excluding steroid dienone is 2. The summed E-state index contributed by atoms with van der Waals surface area (Å²) in [6, 6.07) is -2.18. The van der Waals surface area contributed by atoms with E-state index in [4.69, 9.17) is 0 Å². The van der Waals surface area contributed by atoms with Crippen LogP contribution in [0.1, 0.15) is 0 Å². The SMILES string of the molecule is FC(F)(F)C1(C(F)(F)F)C=CC=CC1N=C=S. The number of nitrogens with zero attached hydrogens (tertiary/aromatic N) is 1. The van der Waals surface area contributed by atoms with Crippen LogP contribution in [0.15, 0.2) is 29.3 Å². The van der Waals surface area contributed by atoms with E-state index < -0.39 is 23.8 Å². The summed E-state index contributed by atoms with van der Waals surface area (Å²) < 4.78 is 76.4. The molecular formula is C9H5F6NS. The van der Waals surface area contributed by atoms with Gasteiger partial charge in [0, 0.05) is 0 Å². The van der Waals surface area contributed by atoms with Crippen LogP contribution in [0, 0.1) is 5.41 Å². The predicted octanol–water partition coefficient (Wildman–Crippen LogP) is 3.69. The third kappa shape index (κ3) is 2.14. The van der Waals surface area contributed by atoms with Crippen molar-refractivity contribution in [1.29, 1.82) is 0 Å². The summed E-state index contributed by atoms with van der Waals surface area (Å²) in [4.78, 5) is 2.96. The second kappa shape index (κ2) is 4.27. The molecule has 0 saturated carbocycles. The zero-order valence-electron chi connectivity index (χ0n) is 8.01. The fraction of sp³-hybridized carbons (Fsp3) is 0.444. The van der Waals surface area contributed by atoms with Gasteiger partial charge in [0.05, 0.1) is 5.16 Å². The molecule has 0 amide bonds. The summed E-state index contributed by atoms with van der Waals surface area (Å²) in [5, 5.41) is 1.56. The minimum Gasteiger partial charge on any atom is -0.223 e. The smallest absolute Gasteiger partial charge is 0.223 e. The summed E-state index contributed by atoms with van der Waals surface area (Å²) in [5.41, 5.74) is -4.04. The van der Waals surface area contributed by atoms with Gasteiger partial charge in [0.25, 0.3) is 0 Å². The zero-order valence-corrected chi connectivity index (χ0v) is 8.83. The molecule has 8 heteroatoms. The van der Waals surface area contributed by atoms with E-state index in [2.05, 4.69) is 17.2 Å². The second-order valence-electron chi connectivity index (χ2n) is 3.27. The molecule has 1 unspecified atom stereocenters. The van der Waals surface area contributed by atoms with Gasteiger partial charge >= 0.3 is 12.4 Å². The van der Waals surface area contributed by atoms with Gasteiger partial charge in [0.2, 0.25) is 5.41 Å². The molecule has 1 rings (SSSR count). The second-order valence-corrected chi connectivity index (χ2v) is 3.46. The Morgan fingerprint density at radius 2 is 1.59 bits per heavy atom. The quantitative estimate of drug-likeness (QED) is 0.403. The highest BCUT2D eigenvalue weighted by Gasteiger charge is 2.73. The highest BCUT2D eigenvalue weighted by atomic mass is 32.1. The predicted molar refractivity (Wildman–Crippen MR) is 51.6 cm³/mol. The van der Waals surface area contributed by atoms with Crippen molar-refractivity contribution < 1.29 is 26.3 Å². The zero-order chi connectivity index (χ0) is 13.3. The molecule has 0 heterocycles. The van der Waals surface area contributed by atoms with Crippen molar-refractivity contribution in [2.24, 2.45) is 10.4 Å². The number of aliphatic imine (C=N–C) groups is 1. The third-order valence-electron chi connectivity index (χ3n) is 2.36. The normalized spacial score (nSPS) is 23.3. The fourth-order valence-corrected chi connectivity index (χ4v) is 1.63. The molecular weight excluding hydrogens is 268 g/mol. The van der Waals surface area contributed by atoms with Gasteiger partial charge in [-0.15, -0.1) is 0 Å². The molecule has 0 fully saturated rings. The van der Waals surface area contributed by atoms with Gasteiger partial charge in [-0.25, -0.2) is 4.99 Å². The van der Waals surface area contributed by atoms with E-state index >= 15 is 0 Å². The van der Waals surface area contributed by atoms with Crippen molar-refractivity contribution >= 4 is 17.4 Å². The molecule has 0 aliphatic heterocycles. The molecule has 0 saturated heterocycles. The van der Waals surface area contributed by atoms with Crippen molar-refractivity contribution in [3.05, 3.63) is 24.3 Å². The number of isothiocyanates is 1. The molecule has 1 aliphatic rings. The maximum Gasteiger partial charge on any atom is 0.409 e. The van der Waals surface area contributed by atoms with Crippen LogP contribution in [-0.4, -0.2) is 23.6 Å². The number of halogens is 6. The van der Waals surface area contributed by atoms with Crippen LogP contribution >= 0.6 is 12.2 Å². The van der Waals surface area contributed by atoms with Gasteiger partial charge in [0.15, 0.2) is 0 Å².